The maximum absolute atomic E-state index is 14.1. The van der Waals surface area contributed by atoms with Crippen LogP contribution in [0.3, 0.4) is 0 Å². The van der Waals surface area contributed by atoms with E-state index in [1.54, 1.807) is 20.2 Å². The SMILES string of the molecule is CC(Cc1ccc(F)cc1F)c1nc(Cn2cc(Br)cn2)nn1-c1ccn(C)n1. The summed E-state index contributed by atoms with van der Waals surface area (Å²) in [5, 5.41) is 13.2. The molecule has 0 amide bonds. The normalized spacial score (nSPS) is 12.4. The van der Waals surface area contributed by atoms with Crippen LogP contribution in [0.25, 0.3) is 5.82 Å². The van der Waals surface area contributed by atoms with Gasteiger partial charge in [0.15, 0.2) is 11.6 Å². The first kappa shape index (κ1) is 19.4. The molecule has 3 heterocycles. The van der Waals surface area contributed by atoms with Crippen LogP contribution in [-0.2, 0) is 20.0 Å². The first-order chi connectivity index (χ1) is 13.9. The van der Waals surface area contributed by atoms with E-state index in [1.807, 2.05) is 32.4 Å². The highest BCUT2D eigenvalue weighted by molar-refractivity contribution is 9.10. The van der Waals surface area contributed by atoms with Gasteiger partial charge >= 0.3 is 0 Å². The van der Waals surface area contributed by atoms with Gasteiger partial charge in [0.25, 0.3) is 0 Å². The minimum absolute atomic E-state index is 0.178. The van der Waals surface area contributed by atoms with Gasteiger partial charge in [0.1, 0.15) is 24.0 Å². The van der Waals surface area contributed by atoms with Gasteiger partial charge in [-0.05, 0) is 34.0 Å². The summed E-state index contributed by atoms with van der Waals surface area (Å²) in [5.41, 5.74) is 0.423. The number of hydrogen-bond acceptors (Lipinski definition) is 4. The van der Waals surface area contributed by atoms with E-state index in [9.17, 15) is 8.78 Å². The number of nitrogens with zero attached hydrogens (tertiary/aromatic N) is 7. The maximum atomic E-state index is 14.1. The summed E-state index contributed by atoms with van der Waals surface area (Å²) in [7, 11) is 1.82. The Kier molecular flexibility index (Phi) is 5.27. The van der Waals surface area contributed by atoms with Crippen molar-refractivity contribution in [1.82, 2.24) is 34.3 Å². The molecular formula is C19H18BrF2N7. The minimum atomic E-state index is -0.594. The minimum Gasteiger partial charge on any atom is -0.274 e. The van der Waals surface area contributed by atoms with Crippen LogP contribution in [0, 0.1) is 11.6 Å². The quantitative estimate of drug-likeness (QED) is 0.439. The lowest BCUT2D eigenvalue weighted by atomic mass is 10.00. The predicted octanol–water partition coefficient (Wildman–Crippen LogP) is 3.63. The molecular weight excluding hydrogens is 444 g/mol. The van der Waals surface area contributed by atoms with E-state index in [1.165, 1.54) is 12.1 Å². The van der Waals surface area contributed by atoms with E-state index >= 15 is 0 Å². The Morgan fingerprint density at radius 2 is 2.00 bits per heavy atom. The molecule has 0 aliphatic carbocycles. The number of halogens is 3. The molecule has 0 N–H and O–H groups in total. The van der Waals surface area contributed by atoms with Gasteiger partial charge in [-0.1, -0.05) is 13.0 Å². The summed E-state index contributed by atoms with van der Waals surface area (Å²) >= 11 is 3.37. The number of aryl methyl sites for hydroxylation is 1. The Morgan fingerprint density at radius 1 is 1.17 bits per heavy atom. The van der Waals surface area contributed by atoms with Crippen molar-refractivity contribution in [1.29, 1.82) is 0 Å². The van der Waals surface area contributed by atoms with Crippen molar-refractivity contribution in [2.75, 3.05) is 0 Å². The van der Waals surface area contributed by atoms with Gasteiger partial charge in [-0.25, -0.2) is 13.8 Å². The van der Waals surface area contributed by atoms with E-state index in [0.29, 0.717) is 36.0 Å². The second kappa shape index (κ2) is 7.86. The van der Waals surface area contributed by atoms with E-state index in [4.69, 9.17) is 0 Å². The highest BCUT2D eigenvalue weighted by atomic mass is 79.9. The summed E-state index contributed by atoms with van der Waals surface area (Å²) in [4.78, 5) is 4.67. The van der Waals surface area contributed by atoms with Gasteiger partial charge in [0.2, 0.25) is 0 Å². The molecule has 1 aromatic carbocycles. The summed E-state index contributed by atoms with van der Waals surface area (Å²) < 4.78 is 33.3. The monoisotopic (exact) mass is 461 g/mol. The largest absolute Gasteiger partial charge is 0.274 e. The molecule has 0 saturated heterocycles. The second-order valence-corrected chi connectivity index (χ2v) is 7.76. The van der Waals surface area contributed by atoms with Gasteiger partial charge < -0.3 is 0 Å². The van der Waals surface area contributed by atoms with Crippen LogP contribution in [0.5, 0.6) is 0 Å². The van der Waals surface area contributed by atoms with Crippen molar-refractivity contribution in [3.05, 3.63) is 76.2 Å². The number of aromatic nitrogens is 7. The number of rotatable bonds is 6. The Bertz CT molecular complexity index is 1150. The molecule has 0 radical (unpaired) electrons. The highest BCUT2D eigenvalue weighted by Gasteiger charge is 2.21. The van der Waals surface area contributed by atoms with Crippen LogP contribution in [-0.4, -0.2) is 34.3 Å². The number of hydrogen-bond donors (Lipinski definition) is 0. The standard InChI is InChI=1S/C19H18BrF2N7/c1-12(7-13-3-4-15(21)8-16(13)22)19-24-17(11-28-10-14(20)9-23-28)25-29(19)18-5-6-27(2)26-18/h3-6,8-10,12H,7,11H2,1-2H3. The average molecular weight is 462 g/mol. The second-order valence-electron chi connectivity index (χ2n) is 6.84. The fourth-order valence-corrected chi connectivity index (χ4v) is 3.44. The molecule has 0 aliphatic heterocycles. The Hall–Kier alpha value is -2.88. The molecule has 10 heteroatoms. The number of benzene rings is 1. The van der Waals surface area contributed by atoms with Crippen LogP contribution in [0.15, 0.2) is 47.3 Å². The third-order valence-corrected chi connectivity index (χ3v) is 4.89. The lowest BCUT2D eigenvalue weighted by Gasteiger charge is -2.12. The molecule has 29 heavy (non-hydrogen) atoms. The highest BCUT2D eigenvalue weighted by Crippen LogP contribution is 2.23. The molecule has 4 aromatic rings. The zero-order chi connectivity index (χ0) is 20.5. The third-order valence-electron chi connectivity index (χ3n) is 4.48. The molecule has 150 valence electrons. The van der Waals surface area contributed by atoms with Gasteiger partial charge in [-0.2, -0.15) is 14.9 Å². The summed E-state index contributed by atoms with van der Waals surface area (Å²) in [6.07, 6.45) is 5.69. The summed E-state index contributed by atoms with van der Waals surface area (Å²) in [6, 6.07) is 5.45. The lowest BCUT2D eigenvalue weighted by molar-refractivity contribution is 0.559. The Morgan fingerprint density at radius 3 is 2.66 bits per heavy atom. The molecule has 0 fully saturated rings. The van der Waals surface area contributed by atoms with E-state index in [0.717, 1.165) is 10.5 Å². The van der Waals surface area contributed by atoms with Crippen molar-refractivity contribution >= 4 is 15.9 Å². The van der Waals surface area contributed by atoms with Crippen LogP contribution >= 0.6 is 15.9 Å². The molecule has 0 saturated carbocycles. The van der Waals surface area contributed by atoms with Crippen molar-refractivity contribution in [3.8, 4) is 5.82 Å². The lowest BCUT2D eigenvalue weighted by Crippen LogP contribution is -2.10. The fourth-order valence-electron chi connectivity index (χ4n) is 3.12. The summed E-state index contributed by atoms with van der Waals surface area (Å²) in [6.45, 7) is 2.32. The maximum Gasteiger partial charge on any atom is 0.177 e. The molecule has 1 unspecified atom stereocenters. The fraction of sp³-hybridized carbons (Fsp3) is 0.263. The van der Waals surface area contributed by atoms with Gasteiger partial charge in [0, 0.05) is 37.5 Å². The molecule has 7 nitrogen and oxygen atoms in total. The zero-order valence-corrected chi connectivity index (χ0v) is 17.4. The first-order valence-corrected chi connectivity index (χ1v) is 9.76. The van der Waals surface area contributed by atoms with Gasteiger partial charge in [0.05, 0.1) is 10.7 Å². The Labute approximate surface area is 174 Å². The average Bonchev–Trinajstić information content (AvgIpc) is 3.38. The molecule has 3 aromatic heterocycles. The molecule has 1 atom stereocenters. The van der Waals surface area contributed by atoms with Crippen LogP contribution < -0.4 is 0 Å². The molecule has 4 rings (SSSR count). The van der Waals surface area contributed by atoms with E-state index < -0.39 is 11.6 Å². The zero-order valence-electron chi connectivity index (χ0n) is 15.8. The smallest absolute Gasteiger partial charge is 0.177 e. The van der Waals surface area contributed by atoms with Crippen molar-refractivity contribution < 1.29 is 8.78 Å². The molecule has 0 aliphatic rings. The summed E-state index contributed by atoms with van der Waals surface area (Å²) in [5.74, 6) is 0.490. The van der Waals surface area contributed by atoms with E-state index in [2.05, 4.69) is 36.2 Å². The van der Waals surface area contributed by atoms with Gasteiger partial charge in [-0.15, -0.1) is 5.10 Å². The van der Waals surface area contributed by atoms with Crippen LogP contribution in [0.4, 0.5) is 8.78 Å². The first-order valence-electron chi connectivity index (χ1n) is 8.97. The van der Waals surface area contributed by atoms with Crippen molar-refractivity contribution in [2.45, 2.75) is 25.8 Å². The van der Waals surface area contributed by atoms with Crippen LogP contribution in [0.1, 0.15) is 30.1 Å². The van der Waals surface area contributed by atoms with Crippen LogP contribution in [0.2, 0.25) is 0 Å². The predicted molar refractivity (Wildman–Crippen MR) is 106 cm³/mol. The van der Waals surface area contributed by atoms with E-state index in [-0.39, 0.29) is 5.92 Å². The van der Waals surface area contributed by atoms with Gasteiger partial charge in [-0.3, -0.25) is 9.36 Å². The molecule has 0 spiro atoms. The van der Waals surface area contributed by atoms with Crippen molar-refractivity contribution in [3.63, 3.8) is 0 Å². The third kappa shape index (κ3) is 4.26. The van der Waals surface area contributed by atoms with Crippen molar-refractivity contribution in [2.24, 2.45) is 7.05 Å². The molecule has 0 bridgehead atoms. The topological polar surface area (TPSA) is 66.3 Å². The Balaban J connectivity index is 1.67.